The Morgan fingerprint density at radius 2 is 1.90 bits per heavy atom. The minimum atomic E-state index is -0.101. The third kappa shape index (κ3) is 1.71. The number of ether oxygens (including phenoxy) is 2. The molecule has 0 aliphatic heterocycles. The minimum Gasteiger partial charge on any atom is -0.500 e. The number of hydrogen-bond donors (Lipinski definition) is 0. The Balaban J connectivity index is 2.47. The lowest BCUT2D eigenvalue weighted by atomic mass is 9.81. The summed E-state index contributed by atoms with van der Waals surface area (Å²) < 4.78 is 16.5. The normalized spacial score (nSPS) is 17.7. The van der Waals surface area contributed by atoms with Gasteiger partial charge in [-0.1, -0.05) is 6.92 Å². The van der Waals surface area contributed by atoms with Gasteiger partial charge in [-0.25, -0.2) is 0 Å². The van der Waals surface area contributed by atoms with Crippen LogP contribution in [0.5, 0.6) is 5.75 Å². The summed E-state index contributed by atoms with van der Waals surface area (Å²) in [5, 5.41) is 1.02. The molecule has 0 bridgehead atoms. The first-order chi connectivity index (χ1) is 10.0. The number of fused-ring (bicyclic) bond motifs is 2. The second-order valence-corrected chi connectivity index (χ2v) is 5.41. The molecule has 3 rings (SSSR count). The summed E-state index contributed by atoms with van der Waals surface area (Å²) >= 11 is 0. The van der Waals surface area contributed by atoms with E-state index in [4.69, 9.17) is 13.9 Å². The molecule has 0 N–H and O–H groups in total. The van der Waals surface area contributed by atoms with Crippen LogP contribution in [-0.2, 0) is 4.74 Å². The number of aryl methyl sites for hydroxylation is 2. The van der Waals surface area contributed by atoms with Gasteiger partial charge < -0.3 is 13.9 Å². The van der Waals surface area contributed by atoms with Crippen molar-refractivity contribution in [2.45, 2.75) is 26.7 Å². The van der Waals surface area contributed by atoms with Gasteiger partial charge in [0.05, 0.1) is 26.0 Å². The number of carbonyl (C=O) groups is 1. The number of allylic oxidation sites excluding steroid dienone is 2. The van der Waals surface area contributed by atoms with Gasteiger partial charge in [0.25, 0.3) is 0 Å². The van der Waals surface area contributed by atoms with Crippen molar-refractivity contribution in [2.24, 2.45) is 0 Å². The van der Waals surface area contributed by atoms with Gasteiger partial charge in [0.2, 0.25) is 0 Å². The maximum Gasteiger partial charge on any atom is 0.193 e. The number of rotatable bonds is 2. The first-order valence-electron chi connectivity index (χ1n) is 6.89. The highest BCUT2D eigenvalue weighted by atomic mass is 16.5. The molecule has 2 aromatic rings. The van der Waals surface area contributed by atoms with Crippen LogP contribution in [0, 0.1) is 13.8 Å². The van der Waals surface area contributed by atoms with Crippen molar-refractivity contribution in [3.63, 3.8) is 0 Å². The van der Waals surface area contributed by atoms with Crippen LogP contribution < -0.4 is 4.74 Å². The van der Waals surface area contributed by atoms with Crippen molar-refractivity contribution < 1.29 is 18.7 Å². The maximum atomic E-state index is 12.5. The first-order valence-corrected chi connectivity index (χ1v) is 6.89. The van der Waals surface area contributed by atoms with Crippen molar-refractivity contribution in [3.05, 3.63) is 40.4 Å². The van der Waals surface area contributed by atoms with Gasteiger partial charge in [-0.3, -0.25) is 4.79 Å². The number of methoxy groups -OCH3 is 2. The summed E-state index contributed by atoms with van der Waals surface area (Å²) in [6, 6.07) is 0. The number of ketones is 1. The van der Waals surface area contributed by atoms with Crippen molar-refractivity contribution in [1.82, 2.24) is 0 Å². The lowest BCUT2D eigenvalue weighted by molar-refractivity contribution is 0.103. The second-order valence-electron chi connectivity index (χ2n) is 5.41. The highest BCUT2D eigenvalue weighted by molar-refractivity contribution is 6.13. The molecule has 0 spiro atoms. The predicted octanol–water partition coefficient (Wildman–Crippen LogP) is 3.89. The van der Waals surface area contributed by atoms with Gasteiger partial charge in [-0.05, 0) is 30.5 Å². The lowest BCUT2D eigenvalue weighted by Crippen LogP contribution is -2.17. The van der Waals surface area contributed by atoms with Crippen LogP contribution in [-0.4, -0.2) is 20.0 Å². The second kappa shape index (κ2) is 4.65. The molecule has 21 heavy (non-hydrogen) atoms. The highest BCUT2D eigenvalue weighted by Crippen LogP contribution is 2.45. The van der Waals surface area contributed by atoms with Crippen LogP contribution in [0.1, 0.15) is 39.9 Å². The standard InChI is InChI=1S/C17H18O4/c1-8-7-21-17-13(8)10(3)14-9(2)12(19-4)6-11(18)15(14)16(17)20-5/h6-7,9H,1-5H3. The van der Waals surface area contributed by atoms with Gasteiger partial charge in [0, 0.05) is 17.4 Å². The Bertz CT molecular complexity index is 780. The van der Waals surface area contributed by atoms with Gasteiger partial charge in [-0.15, -0.1) is 0 Å². The van der Waals surface area contributed by atoms with E-state index in [1.54, 1.807) is 20.5 Å². The smallest absolute Gasteiger partial charge is 0.193 e. The molecule has 1 aromatic heterocycles. The summed E-state index contributed by atoms with van der Waals surface area (Å²) in [7, 11) is 3.16. The van der Waals surface area contributed by atoms with Crippen molar-refractivity contribution >= 4 is 16.8 Å². The molecule has 4 heteroatoms. The lowest BCUT2D eigenvalue weighted by Gasteiger charge is -2.26. The molecule has 0 saturated heterocycles. The van der Waals surface area contributed by atoms with E-state index in [9.17, 15) is 4.79 Å². The van der Waals surface area contributed by atoms with Gasteiger partial charge in [-0.2, -0.15) is 0 Å². The van der Waals surface area contributed by atoms with E-state index in [1.807, 2.05) is 20.8 Å². The third-order valence-electron chi connectivity index (χ3n) is 4.28. The van der Waals surface area contributed by atoms with Gasteiger partial charge in [0.1, 0.15) is 5.76 Å². The molecule has 0 fully saturated rings. The molecule has 1 atom stereocenters. The Kier molecular flexibility index (Phi) is 3.04. The number of carbonyl (C=O) groups excluding carboxylic acids is 1. The molecule has 0 radical (unpaired) electrons. The maximum absolute atomic E-state index is 12.5. The Morgan fingerprint density at radius 1 is 1.19 bits per heavy atom. The van der Waals surface area contributed by atoms with Crippen molar-refractivity contribution in [2.75, 3.05) is 14.2 Å². The topological polar surface area (TPSA) is 48.7 Å². The van der Waals surface area contributed by atoms with Crippen LogP contribution in [0.4, 0.5) is 0 Å². The number of benzene rings is 1. The van der Waals surface area contributed by atoms with Crippen LogP contribution in [0.15, 0.2) is 22.5 Å². The van der Waals surface area contributed by atoms with Crippen LogP contribution >= 0.6 is 0 Å². The molecule has 1 unspecified atom stereocenters. The largest absolute Gasteiger partial charge is 0.500 e. The van der Waals surface area contributed by atoms with Crippen molar-refractivity contribution in [1.29, 1.82) is 0 Å². The molecule has 0 amide bonds. The van der Waals surface area contributed by atoms with E-state index >= 15 is 0 Å². The van der Waals surface area contributed by atoms with Gasteiger partial charge in [0.15, 0.2) is 17.1 Å². The van der Waals surface area contributed by atoms with Crippen LogP contribution in [0.25, 0.3) is 11.0 Å². The zero-order valence-corrected chi connectivity index (χ0v) is 12.9. The van der Waals surface area contributed by atoms with E-state index in [1.165, 1.54) is 6.08 Å². The molecule has 1 aromatic carbocycles. The SMILES string of the molecule is COC1=CC(=O)c2c(c(C)c3c(C)coc3c2OC)C1C. The van der Waals surface area contributed by atoms with Crippen LogP contribution in [0.2, 0.25) is 0 Å². The quantitative estimate of drug-likeness (QED) is 0.840. The molecule has 1 heterocycles. The van der Waals surface area contributed by atoms with Crippen LogP contribution in [0.3, 0.4) is 0 Å². The average molecular weight is 286 g/mol. The fraction of sp³-hybridized carbons (Fsp3) is 0.353. The summed E-state index contributed by atoms with van der Waals surface area (Å²) in [6.45, 7) is 6.05. The highest BCUT2D eigenvalue weighted by Gasteiger charge is 2.33. The molecule has 1 aliphatic carbocycles. The summed E-state index contributed by atoms with van der Waals surface area (Å²) in [5.41, 5.74) is 4.28. The molecule has 110 valence electrons. The van der Waals surface area contributed by atoms with E-state index in [2.05, 4.69) is 0 Å². The van der Waals surface area contributed by atoms with E-state index < -0.39 is 0 Å². The fourth-order valence-corrected chi connectivity index (χ4v) is 3.32. The van der Waals surface area contributed by atoms with E-state index in [0.29, 0.717) is 22.7 Å². The summed E-state index contributed by atoms with van der Waals surface area (Å²) in [6.07, 6.45) is 3.24. The molecule has 0 saturated carbocycles. The third-order valence-corrected chi connectivity index (χ3v) is 4.28. The Morgan fingerprint density at radius 3 is 2.52 bits per heavy atom. The average Bonchev–Trinajstić information content (AvgIpc) is 2.85. The summed E-state index contributed by atoms with van der Waals surface area (Å²) in [5.74, 6) is 1.10. The zero-order chi connectivity index (χ0) is 15.3. The van der Waals surface area contributed by atoms with Gasteiger partial charge >= 0.3 is 0 Å². The minimum absolute atomic E-state index is 0.00954. The molecule has 1 aliphatic rings. The zero-order valence-electron chi connectivity index (χ0n) is 12.9. The predicted molar refractivity (Wildman–Crippen MR) is 80.1 cm³/mol. The molecular weight excluding hydrogens is 268 g/mol. The van der Waals surface area contributed by atoms with Crippen molar-refractivity contribution in [3.8, 4) is 5.75 Å². The first kappa shape index (κ1) is 13.7. The van der Waals surface area contributed by atoms with E-state index in [-0.39, 0.29) is 11.7 Å². The molecule has 4 nitrogen and oxygen atoms in total. The molecular formula is C17H18O4. The Hall–Kier alpha value is -2.23. The fourth-order valence-electron chi connectivity index (χ4n) is 3.32. The number of furan rings is 1. The summed E-state index contributed by atoms with van der Waals surface area (Å²) in [4.78, 5) is 12.5. The monoisotopic (exact) mass is 286 g/mol. The number of hydrogen-bond acceptors (Lipinski definition) is 4. The van der Waals surface area contributed by atoms with E-state index in [0.717, 1.165) is 22.1 Å². The Labute approximate surface area is 123 Å².